The molecule has 0 aromatic carbocycles. The summed E-state index contributed by atoms with van der Waals surface area (Å²) in [4.78, 5) is 30.6. The van der Waals surface area contributed by atoms with E-state index in [4.69, 9.17) is 29.9 Å². The number of rotatable bonds is 1. The second kappa shape index (κ2) is 9.20. The molecule has 4 aliphatic rings. The smallest absolute Gasteiger partial charge is 0.0935 e. The molecule has 0 saturated heterocycles. The van der Waals surface area contributed by atoms with Crippen LogP contribution in [0.1, 0.15) is 44.5 Å². The predicted molar refractivity (Wildman–Crippen MR) is 170 cm³/mol. The van der Waals surface area contributed by atoms with Gasteiger partial charge in [-0.25, -0.2) is 9.97 Å². The molecule has 0 amide bonds. The standard InChI is InChI=1S/C38H28N6/c1-5-21-9-13-25-29(26-14-10-22-6-2-18-40-32(22)36(26)43-35(25)31(21)39-17-1)30-27-15-11-23-7-3-19-41-33(23)37(27)44-38-28(30)16-12-24-8-4-20-42-34(24)38/h1-8,17-20H,9-16H2. The van der Waals surface area contributed by atoms with Crippen LogP contribution in [0.25, 0.3) is 56.7 Å². The summed E-state index contributed by atoms with van der Waals surface area (Å²) in [5.41, 5.74) is 21.2. The van der Waals surface area contributed by atoms with Crippen molar-refractivity contribution in [3.8, 4) is 56.7 Å². The van der Waals surface area contributed by atoms with E-state index in [-0.39, 0.29) is 0 Å². The number of pyridine rings is 6. The van der Waals surface area contributed by atoms with Gasteiger partial charge in [-0.3, -0.25) is 19.9 Å². The first kappa shape index (κ1) is 24.4. The summed E-state index contributed by atoms with van der Waals surface area (Å²) >= 11 is 0. The van der Waals surface area contributed by atoms with E-state index >= 15 is 0 Å². The van der Waals surface area contributed by atoms with Gasteiger partial charge in [-0.15, -0.1) is 0 Å². The number of aromatic nitrogens is 6. The Morgan fingerprint density at radius 2 is 0.591 bits per heavy atom. The summed E-state index contributed by atoms with van der Waals surface area (Å²) in [7, 11) is 0. The Bertz CT molecular complexity index is 1900. The molecular formula is C38H28N6. The molecule has 0 saturated carbocycles. The zero-order chi connectivity index (χ0) is 28.8. The Labute approximate surface area is 255 Å². The van der Waals surface area contributed by atoms with Crippen LogP contribution in [-0.2, 0) is 51.4 Å². The average molecular weight is 569 g/mol. The van der Waals surface area contributed by atoms with E-state index in [0.29, 0.717) is 0 Å². The van der Waals surface area contributed by atoms with Crippen LogP contribution in [0.3, 0.4) is 0 Å². The van der Waals surface area contributed by atoms with Crippen molar-refractivity contribution in [2.45, 2.75) is 51.4 Å². The summed E-state index contributed by atoms with van der Waals surface area (Å²) in [6.45, 7) is 0. The van der Waals surface area contributed by atoms with Crippen molar-refractivity contribution in [3.63, 3.8) is 0 Å². The summed E-state index contributed by atoms with van der Waals surface area (Å²) < 4.78 is 0. The largest absolute Gasteiger partial charge is 0.254 e. The molecule has 6 heteroatoms. The van der Waals surface area contributed by atoms with Crippen LogP contribution >= 0.6 is 0 Å². The Morgan fingerprint density at radius 1 is 0.318 bits per heavy atom. The van der Waals surface area contributed by atoms with E-state index in [9.17, 15) is 0 Å². The molecule has 0 bridgehead atoms. The highest BCUT2D eigenvalue weighted by Crippen LogP contribution is 2.50. The van der Waals surface area contributed by atoms with Gasteiger partial charge in [-0.2, -0.15) is 0 Å². The van der Waals surface area contributed by atoms with Gasteiger partial charge in [0.05, 0.1) is 45.6 Å². The molecule has 44 heavy (non-hydrogen) atoms. The quantitative estimate of drug-likeness (QED) is 0.218. The SMILES string of the molecule is c1cnc2c(c1)CCc1c-2nc2c(c1-c1c3c(nc4c1CCc1cccnc1-4)-c1ncccc1CC3)CCc1cccnc1-2. The van der Waals surface area contributed by atoms with E-state index in [2.05, 4.69) is 24.3 Å². The molecule has 210 valence electrons. The van der Waals surface area contributed by atoms with Crippen molar-refractivity contribution in [2.24, 2.45) is 0 Å². The second-order valence-corrected chi connectivity index (χ2v) is 12.3. The summed E-state index contributed by atoms with van der Waals surface area (Å²) in [6.07, 6.45) is 15.2. The maximum atomic E-state index is 5.45. The summed E-state index contributed by atoms with van der Waals surface area (Å²) in [6, 6.07) is 17.0. The van der Waals surface area contributed by atoms with Crippen LogP contribution in [0.15, 0.2) is 73.3 Å². The van der Waals surface area contributed by atoms with E-state index < -0.39 is 0 Å². The minimum absolute atomic E-state index is 0.939. The fraction of sp³-hybridized carbons (Fsp3) is 0.211. The fourth-order valence-corrected chi connectivity index (χ4v) is 8.14. The summed E-state index contributed by atoms with van der Waals surface area (Å²) in [5, 5.41) is 0. The van der Waals surface area contributed by atoms with E-state index in [1.54, 1.807) is 0 Å². The first-order valence-electron chi connectivity index (χ1n) is 15.7. The minimum Gasteiger partial charge on any atom is -0.254 e. The van der Waals surface area contributed by atoms with Gasteiger partial charge in [0.1, 0.15) is 0 Å². The van der Waals surface area contributed by atoms with Gasteiger partial charge >= 0.3 is 0 Å². The van der Waals surface area contributed by atoms with Gasteiger partial charge in [0.15, 0.2) is 0 Å². The number of nitrogens with zero attached hydrogens (tertiary/aromatic N) is 6. The lowest BCUT2D eigenvalue weighted by atomic mass is 9.74. The van der Waals surface area contributed by atoms with Gasteiger partial charge in [-0.1, -0.05) is 24.3 Å². The lowest BCUT2D eigenvalue weighted by Crippen LogP contribution is -2.20. The van der Waals surface area contributed by atoms with Crippen molar-refractivity contribution in [2.75, 3.05) is 0 Å². The van der Waals surface area contributed by atoms with E-state index in [1.807, 2.05) is 49.1 Å². The van der Waals surface area contributed by atoms with Crippen LogP contribution < -0.4 is 0 Å². The van der Waals surface area contributed by atoms with Crippen molar-refractivity contribution >= 4 is 0 Å². The normalized spacial score (nSPS) is 15.0. The highest BCUT2D eigenvalue weighted by Gasteiger charge is 2.36. The molecule has 0 unspecified atom stereocenters. The van der Waals surface area contributed by atoms with Gasteiger partial charge in [0.25, 0.3) is 0 Å². The molecule has 10 rings (SSSR count). The van der Waals surface area contributed by atoms with Gasteiger partial charge in [0, 0.05) is 24.8 Å². The topological polar surface area (TPSA) is 77.3 Å². The number of hydrogen-bond donors (Lipinski definition) is 0. The summed E-state index contributed by atoms with van der Waals surface area (Å²) in [5.74, 6) is 0. The zero-order valence-corrected chi connectivity index (χ0v) is 24.3. The maximum absolute atomic E-state index is 5.45. The van der Waals surface area contributed by atoms with Gasteiger partial charge in [-0.05, 0) is 131 Å². The molecule has 0 atom stereocenters. The molecule has 0 aliphatic heterocycles. The predicted octanol–water partition coefficient (Wildman–Crippen LogP) is 6.79. The van der Waals surface area contributed by atoms with Crippen molar-refractivity contribution in [1.82, 2.24) is 29.9 Å². The third-order valence-electron chi connectivity index (χ3n) is 10.1. The lowest BCUT2D eigenvalue weighted by molar-refractivity contribution is 0.859. The first-order chi connectivity index (χ1) is 21.8. The second-order valence-electron chi connectivity index (χ2n) is 12.3. The maximum Gasteiger partial charge on any atom is 0.0935 e. The monoisotopic (exact) mass is 568 g/mol. The molecule has 6 aromatic rings. The third kappa shape index (κ3) is 3.36. The van der Waals surface area contributed by atoms with Gasteiger partial charge < -0.3 is 0 Å². The lowest BCUT2D eigenvalue weighted by Gasteiger charge is -2.33. The highest BCUT2D eigenvalue weighted by atomic mass is 14.9. The Morgan fingerprint density at radius 3 is 0.864 bits per heavy atom. The molecule has 0 N–H and O–H groups in total. The Balaban J connectivity index is 1.37. The van der Waals surface area contributed by atoms with E-state index in [1.165, 1.54) is 55.6 Å². The molecule has 0 fully saturated rings. The number of hydrogen-bond acceptors (Lipinski definition) is 6. The Hall–Kier alpha value is -5.10. The molecule has 0 radical (unpaired) electrons. The van der Waals surface area contributed by atoms with Gasteiger partial charge in [0.2, 0.25) is 0 Å². The van der Waals surface area contributed by atoms with Crippen LogP contribution in [-0.4, -0.2) is 29.9 Å². The molecule has 4 aliphatic carbocycles. The fourth-order valence-electron chi connectivity index (χ4n) is 8.14. The van der Waals surface area contributed by atoms with Crippen LogP contribution in [0.2, 0.25) is 0 Å². The zero-order valence-electron chi connectivity index (χ0n) is 24.3. The van der Waals surface area contributed by atoms with Crippen LogP contribution in [0.4, 0.5) is 0 Å². The van der Waals surface area contributed by atoms with Crippen molar-refractivity contribution in [1.29, 1.82) is 0 Å². The molecular weight excluding hydrogens is 540 g/mol. The van der Waals surface area contributed by atoms with Crippen LogP contribution in [0, 0.1) is 0 Å². The minimum atomic E-state index is 0.939. The van der Waals surface area contributed by atoms with E-state index in [0.717, 1.165) is 96.9 Å². The van der Waals surface area contributed by atoms with Crippen LogP contribution in [0.5, 0.6) is 0 Å². The van der Waals surface area contributed by atoms with Crippen molar-refractivity contribution in [3.05, 3.63) is 118 Å². The highest BCUT2D eigenvalue weighted by molar-refractivity contribution is 5.93. The third-order valence-corrected chi connectivity index (χ3v) is 10.1. The molecule has 6 heterocycles. The first-order valence-corrected chi connectivity index (χ1v) is 15.7. The van der Waals surface area contributed by atoms with Crippen molar-refractivity contribution < 1.29 is 0 Å². The molecule has 6 aromatic heterocycles. The number of aryl methyl sites for hydroxylation is 4. The molecule has 6 nitrogen and oxygen atoms in total. The average Bonchev–Trinajstić information content (AvgIpc) is 3.09. The number of fused-ring (bicyclic) bond motifs is 12. The molecule has 0 spiro atoms. The Kier molecular flexibility index (Phi) is 5.09.